The highest BCUT2D eigenvalue weighted by Gasteiger charge is 2.22. The Kier molecular flexibility index (Phi) is 3.46. The van der Waals surface area contributed by atoms with Gasteiger partial charge in [-0.3, -0.25) is 4.79 Å². The zero-order valence-electron chi connectivity index (χ0n) is 10.6. The molecule has 1 saturated heterocycles. The van der Waals surface area contributed by atoms with Crippen molar-refractivity contribution in [3.63, 3.8) is 0 Å². The van der Waals surface area contributed by atoms with Crippen molar-refractivity contribution >= 4 is 17.1 Å². The molecule has 98 valence electrons. The van der Waals surface area contributed by atoms with Crippen LogP contribution in [-0.4, -0.2) is 19.0 Å². The number of ketones is 1. The molecule has 1 aromatic heterocycles. The fourth-order valence-corrected chi connectivity index (χ4v) is 3.05. The van der Waals surface area contributed by atoms with Gasteiger partial charge in [-0.05, 0) is 24.6 Å². The minimum absolute atomic E-state index is 0.0624. The van der Waals surface area contributed by atoms with Crippen LogP contribution in [0.4, 0.5) is 0 Å². The number of benzene rings is 1. The van der Waals surface area contributed by atoms with Gasteiger partial charge in [0.1, 0.15) is 0 Å². The number of hydrogen-bond donors (Lipinski definition) is 0. The first-order valence-corrected chi connectivity index (χ1v) is 7.00. The molecule has 2 heterocycles. The van der Waals surface area contributed by atoms with Crippen molar-refractivity contribution in [2.24, 2.45) is 0 Å². The molecule has 1 aliphatic rings. The van der Waals surface area contributed by atoms with Gasteiger partial charge in [-0.2, -0.15) is 0 Å². The predicted octanol–water partition coefficient (Wildman–Crippen LogP) is 3.33. The molecule has 3 rings (SSSR count). The van der Waals surface area contributed by atoms with E-state index in [0.717, 1.165) is 20.9 Å². The summed E-state index contributed by atoms with van der Waals surface area (Å²) in [6.07, 6.45) is -0.302. The Balaban J connectivity index is 1.86. The van der Waals surface area contributed by atoms with Crippen LogP contribution in [-0.2, 0) is 9.47 Å². The fraction of sp³-hybridized carbons (Fsp3) is 0.267. The van der Waals surface area contributed by atoms with E-state index in [-0.39, 0.29) is 12.1 Å². The van der Waals surface area contributed by atoms with Gasteiger partial charge in [0.2, 0.25) is 5.78 Å². The highest BCUT2D eigenvalue weighted by atomic mass is 32.1. The van der Waals surface area contributed by atoms with E-state index in [1.807, 2.05) is 43.3 Å². The molecule has 1 aromatic carbocycles. The van der Waals surface area contributed by atoms with Crippen molar-refractivity contribution in [1.29, 1.82) is 0 Å². The number of ether oxygens (including phenoxy) is 2. The number of hydrogen-bond acceptors (Lipinski definition) is 4. The molecule has 0 saturated carbocycles. The van der Waals surface area contributed by atoms with Crippen LogP contribution in [0.25, 0.3) is 0 Å². The van der Waals surface area contributed by atoms with Crippen molar-refractivity contribution < 1.29 is 14.3 Å². The first kappa shape index (κ1) is 12.5. The lowest BCUT2D eigenvalue weighted by molar-refractivity contribution is -0.0413. The molecule has 4 heteroatoms. The van der Waals surface area contributed by atoms with Gasteiger partial charge in [-0.25, -0.2) is 0 Å². The number of aryl methyl sites for hydroxylation is 1. The quantitative estimate of drug-likeness (QED) is 0.805. The van der Waals surface area contributed by atoms with Crippen molar-refractivity contribution in [2.45, 2.75) is 13.2 Å². The topological polar surface area (TPSA) is 35.5 Å². The third-order valence-corrected chi connectivity index (χ3v) is 4.20. The maximum atomic E-state index is 12.4. The Morgan fingerprint density at radius 2 is 1.89 bits per heavy atom. The molecule has 0 radical (unpaired) electrons. The number of rotatable bonds is 3. The lowest BCUT2D eigenvalue weighted by Crippen LogP contribution is -2.00. The van der Waals surface area contributed by atoms with Gasteiger partial charge in [0, 0.05) is 5.56 Å². The Bertz CT molecular complexity index is 597. The second-order valence-electron chi connectivity index (χ2n) is 4.42. The number of thiophene rings is 1. The maximum Gasteiger partial charge on any atom is 0.203 e. The summed E-state index contributed by atoms with van der Waals surface area (Å²) in [6.45, 7) is 3.18. The van der Waals surface area contributed by atoms with Crippen molar-refractivity contribution in [3.8, 4) is 0 Å². The average molecular weight is 274 g/mol. The van der Waals surface area contributed by atoms with Crippen molar-refractivity contribution in [1.82, 2.24) is 0 Å². The van der Waals surface area contributed by atoms with Gasteiger partial charge >= 0.3 is 0 Å². The van der Waals surface area contributed by atoms with E-state index in [1.165, 1.54) is 11.3 Å². The zero-order valence-corrected chi connectivity index (χ0v) is 11.4. The van der Waals surface area contributed by atoms with E-state index < -0.39 is 0 Å². The summed E-state index contributed by atoms with van der Waals surface area (Å²) < 4.78 is 10.9. The molecular formula is C15H14O3S. The van der Waals surface area contributed by atoms with Crippen LogP contribution in [0, 0.1) is 6.92 Å². The molecule has 2 aromatic rings. The van der Waals surface area contributed by atoms with E-state index in [2.05, 4.69) is 0 Å². The Morgan fingerprint density at radius 3 is 2.63 bits per heavy atom. The van der Waals surface area contributed by atoms with E-state index >= 15 is 0 Å². The van der Waals surface area contributed by atoms with Crippen LogP contribution in [0.15, 0.2) is 36.4 Å². The molecule has 3 nitrogen and oxygen atoms in total. The standard InChI is InChI=1S/C15H14O3S/c1-10-4-2-3-5-11(10)14(16)12-6-7-13(19-12)15-17-8-9-18-15/h2-7,15H,8-9H2,1H3. The summed E-state index contributed by atoms with van der Waals surface area (Å²) in [7, 11) is 0. The SMILES string of the molecule is Cc1ccccc1C(=O)c1ccc(C2OCCO2)s1. The van der Waals surface area contributed by atoms with E-state index in [1.54, 1.807) is 0 Å². The molecule has 0 spiro atoms. The second-order valence-corrected chi connectivity index (χ2v) is 5.53. The minimum Gasteiger partial charge on any atom is -0.345 e. The molecule has 0 unspecified atom stereocenters. The van der Waals surface area contributed by atoms with Crippen LogP contribution in [0.5, 0.6) is 0 Å². The number of carbonyl (C=O) groups excluding carboxylic acids is 1. The van der Waals surface area contributed by atoms with Gasteiger partial charge < -0.3 is 9.47 Å². The highest BCUT2D eigenvalue weighted by molar-refractivity contribution is 7.14. The fourth-order valence-electron chi connectivity index (χ4n) is 2.08. The zero-order chi connectivity index (χ0) is 13.2. The van der Waals surface area contributed by atoms with Crippen molar-refractivity contribution in [3.05, 3.63) is 57.3 Å². The van der Waals surface area contributed by atoms with Crippen LogP contribution < -0.4 is 0 Å². The molecule has 0 aliphatic carbocycles. The van der Waals surface area contributed by atoms with Crippen molar-refractivity contribution in [2.75, 3.05) is 13.2 Å². The largest absolute Gasteiger partial charge is 0.345 e. The summed E-state index contributed by atoms with van der Waals surface area (Å²) in [5.41, 5.74) is 1.75. The Hall–Kier alpha value is -1.49. The lowest BCUT2D eigenvalue weighted by Gasteiger charge is -2.05. The molecule has 1 fully saturated rings. The van der Waals surface area contributed by atoms with Crippen LogP contribution in [0.1, 0.15) is 32.0 Å². The highest BCUT2D eigenvalue weighted by Crippen LogP contribution is 2.30. The van der Waals surface area contributed by atoms with Gasteiger partial charge in [-0.1, -0.05) is 24.3 Å². The molecule has 0 bridgehead atoms. The molecule has 0 atom stereocenters. The Labute approximate surface area is 115 Å². The van der Waals surface area contributed by atoms with Gasteiger partial charge in [0.05, 0.1) is 23.0 Å². The smallest absolute Gasteiger partial charge is 0.203 e. The minimum atomic E-state index is -0.302. The van der Waals surface area contributed by atoms with Gasteiger partial charge in [-0.15, -0.1) is 11.3 Å². The molecule has 1 aliphatic heterocycles. The molecule has 0 amide bonds. The lowest BCUT2D eigenvalue weighted by atomic mass is 10.0. The molecular weight excluding hydrogens is 260 g/mol. The van der Waals surface area contributed by atoms with Crippen LogP contribution >= 0.6 is 11.3 Å². The average Bonchev–Trinajstić information content (AvgIpc) is 3.09. The first-order valence-electron chi connectivity index (χ1n) is 6.19. The Morgan fingerprint density at radius 1 is 1.16 bits per heavy atom. The summed E-state index contributed by atoms with van der Waals surface area (Å²) in [5, 5.41) is 0. The van der Waals surface area contributed by atoms with Gasteiger partial charge in [0.25, 0.3) is 0 Å². The van der Waals surface area contributed by atoms with Gasteiger partial charge in [0.15, 0.2) is 6.29 Å². The summed E-state index contributed by atoms with van der Waals surface area (Å²) in [5.74, 6) is 0.0624. The summed E-state index contributed by atoms with van der Waals surface area (Å²) >= 11 is 1.44. The first-order chi connectivity index (χ1) is 9.25. The third kappa shape index (κ3) is 2.47. The maximum absolute atomic E-state index is 12.4. The summed E-state index contributed by atoms with van der Waals surface area (Å²) in [6, 6.07) is 11.4. The van der Waals surface area contributed by atoms with E-state index in [4.69, 9.17) is 9.47 Å². The normalized spacial score (nSPS) is 15.8. The monoisotopic (exact) mass is 274 g/mol. The molecule has 0 N–H and O–H groups in total. The summed E-state index contributed by atoms with van der Waals surface area (Å²) in [4.78, 5) is 14.1. The van der Waals surface area contributed by atoms with Crippen LogP contribution in [0.3, 0.4) is 0 Å². The third-order valence-electron chi connectivity index (χ3n) is 3.09. The predicted molar refractivity (Wildman–Crippen MR) is 73.6 cm³/mol. The van der Waals surface area contributed by atoms with E-state index in [0.29, 0.717) is 13.2 Å². The van der Waals surface area contributed by atoms with E-state index in [9.17, 15) is 4.79 Å². The second kappa shape index (κ2) is 5.25. The van der Waals surface area contributed by atoms with Crippen LogP contribution in [0.2, 0.25) is 0 Å². The molecule has 19 heavy (non-hydrogen) atoms. The number of carbonyl (C=O) groups is 1.